The maximum atomic E-state index is 12.4. The molecular weight excluding hydrogens is 406 g/mol. The van der Waals surface area contributed by atoms with Crippen LogP contribution in [0.5, 0.6) is 5.75 Å². The lowest BCUT2D eigenvalue weighted by atomic mass is 10.00. The number of fused-ring (bicyclic) bond motifs is 7. The Kier molecular flexibility index (Phi) is 4.30. The Balaban J connectivity index is 1.80. The Morgan fingerprint density at radius 2 is 1.21 bits per heavy atom. The van der Waals surface area contributed by atoms with Crippen molar-refractivity contribution in [2.75, 3.05) is 0 Å². The quantitative estimate of drug-likeness (QED) is 0.166. The molecule has 0 aliphatic carbocycles. The number of carbonyl (C=O) groups is 1. The van der Waals surface area contributed by atoms with Crippen LogP contribution < -0.4 is 4.74 Å². The summed E-state index contributed by atoms with van der Waals surface area (Å²) in [6.07, 6.45) is 0. The number of rotatable bonds is 3. The molecule has 5 aromatic carbocycles. The Labute approximate surface area is 191 Å². The van der Waals surface area contributed by atoms with E-state index in [0.29, 0.717) is 11.3 Å². The summed E-state index contributed by atoms with van der Waals surface area (Å²) in [7, 11) is 0. The normalized spacial score (nSPS) is 11.4. The summed E-state index contributed by atoms with van der Waals surface area (Å²) in [5.74, 6) is 0.0738. The minimum Gasteiger partial charge on any atom is -0.421 e. The molecule has 0 amide bonds. The van der Waals surface area contributed by atoms with Crippen LogP contribution in [0.25, 0.3) is 49.0 Å². The third-order valence-corrected chi connectivity index (χ3v) is 6.20. The predicted molar refractivity (Wildman–Crippen MR) is 136 cm³/mol. The van der Waals surface area contributed by atoms with Crippen molar-refractivity contribution < 1.29 is 9.53 Å². The van der Waals surface area contributed by atoms with Crippen LogP contribution in [0, 0.1) is 0 Å². The summed E-state index contributed by atoms with van der Waals surface area (Å²) in [6.45, 7) is 5.39. The van der Waals surface area contributed by atoms with Gasteiger partial charge in [-0.2, -0.15) is 0 Å². The Morgan fingerprint density at radius 3 is 1.79 bits per heavy atom. The van der Waals surface area contributed by atoms with Crippen LogP contribution >= 0.6 is 0 Å². The lowest BCUT2D eigenvalue weighted by Gasteiger charge is -2.13. The van der Waals surface area contributed by atoms with E-state index in [0.717, 1.165) is 16.7 Å². The summed E-state index contributed by atoms with van der Waals surface area (Å²) in [4.78, 5) is 12.4. The molecule has 0 spiro atoms. The van der Waals surface area contributed by atoms with Gasteiger partial charge >= 0.3 is 5.97 Å². The molecule has 0 bridgehead atoms. The number of hydrogen-bond donors (Lipinski definition) is 0. The number of para-hydroxylation sites is 2. The largest absolute Gasteiger partial charge is 0.421 e. The van der Waals surface area contributed by atoms with Gasteiger partial charge in [0.05, 0.1) is 16.7 Å². The van der Waals surface area contributed by atoms with Crippen LogP contribution in [-0.4, -0.2) is 10.5 Å². The second kappa shape index (κ2) is 7.35. The topological polar surface area (TPSA) is 31.2 Å². The fraction of sp³-hybridized carbons (Fsp3) is 0.0333. The molecule has 0 N–H and O–H groups in total. The van der Waals surface area contributed by atoms with Gasteiger partial charge in [0.1, 0.15) is 0 Å². The van der Waals surface area contributed by atoms with E-state index in [1.807, 2.05) is 24.3 Å². The van der Waals surface area contributed by atoms with Crippen LogP contribution in [0.2, 0.25) is 0 Å². The maximum Gasteiger partial charge on any atom is 0.338 e. The van der Waals surface area contributed by atoms with Crippen LogP contribution in [-0.2, 0) is 4.79 Å². The second-order valence-corrected chi connectivity index (χ2v) is 8.33. The zero-order chi connectivity index (χ0) is 22.5. The first-order valence-corrected chi connectivity index (χ1v) is 10.9. The molecule has 158 valence electrons. The van der Waals surface area contributed by atoms with Crippen LogP contribution in [0.1, 0.15) is 6.92 Å². The number of ether oxygens (including phenoxy) is 1. The van der Waals surface area contributed by atoms with Gasteiger partial charge in [-0.05, 0) is 52.7 Å². The van der Waals surface area contributed by atoms with Crippen molar-refractivity contribution in [1.82, 2.24) is 4.57 Å². The SMILES string of the molecule is C=C(C)C(=O)Oc1ccccc1-n1c2ccc3ccccc3c2c2c3ccccc3ccc21. The molecule has 0 atom stereocenters. The summed E-state index contributed by atoms with van der Waals surface area (Å²) < 4.78 is 7.94. The van der Waals surface area contributed by atoms with Gasteiger partial charge in [0.2, 0.25) is 0 Å². The highest BCUT2D eigenvalue weighted by Crippen LogP contribution is 2.41. The van der Waals surface area contributed by atoms with Gasteiger partial charge < -0.3 is 9.30 Å². The third kappa shape index (κ3) is 2.94. The standard InChI is InChI=1S/C30H21NO2/c1-19(2)30(32)33-27-14-8-7-13-24(27)31-25-17-15-20-9-3-5-11-22(20)28(25)29-23-12-6-4-10-21(23)16-18-26(29)31/h3-18H,1H2,2H3. The molecule has 3 heteroatoms. The van der Waals surface area contributed by atoms with Crippen molar-refractivity contribution in [1.29, 1.82) is 0 Å². The first-order chi connectivity index (χ1) is 16.1. The number of esters is 1. The van der Waals surface area contributed by atoms with Gasteiger partial charge in [0.25, 0.3) is 0 Å². The highest BCUT2D eigenvalue weighted by Gasteiger charge is 2.19. The number of benzene rings is 5. The van der Waals surface area contributed by atoms with E-state index in [2.05, 4.69) is 83.9 Å². The van der Waals surface area contributed by atoms with Crippen molar-refractivity contribution in [2.24, 2.45) is 0 Å². The molecule has 0 aliphatic rings. The van der Waals surface area contributed by atoms with Crippen molar-refractivity contribution in [2.45, 2.75) is 6.92 Å². The zero-order valence-electron chi connectivity index (χ0n) is 18.2. The van der Waals surface area contributed by atoms with Gasteiger partial charge in [-0.25, -0.2) is 4.79 Å². The monoisotopic (exact) mass is 427 g/mol. The summed E-state index contributed by atoms with van der Waals surface area (Å²) >= 11 is 0. The van der Waals surface area contributed by atoms with Crippen LogP contribution in [0.3, 0.4) is 0 Å². The van der Waals surface area contributed by atoms with Crippen LogP contribution in [0.15, 0.2) is 109 Å². The fourth-order valence-corrected chi connectivity index (χ4v) is 4.72. The number of aromatic nitrogens is 1. The lowest BCUT2D eigenvalue weighted by molar-refractivity contribution is -0.130. The molecule has 6 aromatic rings. The van der Waals surface area contributed by atoms with Crippen molar-refractivity contribution in [3.8, 4) is 11.4 Å². The fourth-order valence-electron chi connectivity index (χ4n) is 4.72. The van der Waals surface area contributed by atoms with E-state index >= 15 is 0 Å². The molecule has 0 radical (unpaired) electrons. The van der Waals surface area contributed by atoms with Gasteiger partial charge in [-0.1, -0.05) is 79.4 Å². The smallest absolute Gasteiger partial charge is 0.338 e. The van der Waals surface area contributed by atoms with Gasteiger partial charge in [-0.15, -0.1) is 0 Å². The minimum atomic E-state index is -0.431. The van der Waals surface area contributed by atoms with Gasteiger partial charge in [0, 0.05) is 16.3 Å². The Hall–Kier alpha value is -4.37. The van der Waals surface area contributed by atoms with E-state index < -0.39 is 5.97 Å². The molecule has 3 nitrogen and oxygen atoms in total. The molecule has 1 heterocycles. The van der Waals surface area contributed by atoms with E-state index in [1.165, 1.54) is 32.3 Å². The van der Waals surface area contributed by atoms with Crippen molar-refractivity contribution in [3.63, 3.8) is 0 Å². The summed E-state index contributed by atoms with van der Waals surface area (Å²) in [5, 5.41) is 7.18. The minimum absolute atomic E-state index is 0.365. The molecule has 0 saturated carbocycles. The van der Waals surface area contributed by atoms with Crippen molar-refractivity contribution >= 4 is 49.3 Å². The van der Waals surface area contributed by atoms with Gasteiger partial charge in [-0.3, -0.25) is 0 Å². The van der Waals surface area contributed by atoms with Gasteiger partial charge in [0.15, 0.2) is 5.75 Å². The predicted octanol–water partition coefficient (Wildman–Crippen LogP) is 7.57. The Morgan fingerprint density at radius 1 is 0.697 bits per heavy atom. The molecular formula is C30H21NO2. The molecule has 0 fully saturated rings. The average molecular weight is 428 g/mol. The number of carbonyl (C=O) groups excluding carboxylic acids is 1. The van der Waals surface area contributed by atoms with E-state index in [9.17, 15) is 4.79 Å². The van der Waals surface area contributed by atoms with E-state index in [-0.39, 0.29) is 0 Å². The lowest BCUT2D eigenvalue weighted by Crippen LogP contribution is -2.10. The average Bonchev–Trinajstić information content (AvgIpc) is 3.19. The highest BCUT2D eigenvalue weighted by atomic mass is 16.5. The molecule has 0 unspecified atom stereocenters. The van der Waals surface area contributed by atoms with E-state index in [1.54, 1.807) is 6.92 Å². The highest BCUT2D eigenvalue weighted by molar-refractivity contribution is 6.28. The molecule has 6 rings (SSSR count). The number of nitrogens with zero attached hydrogens (tertiary/aromatic N) is 1. The summed E-state index contributed by atoms with van der Waals surface area (Å²) in [5.41, 5.74) is 3.32. The molecule has 1 aromatic heterocycles. The molecule has 33 heavy (non-hydrogen) atoms. The maximum absolute atomic E-state index is 12.4. The first kappa shape index (κ1) is 19.3. The summed E-state index contributed by atoms with van der Waals surface area (Å²) in [6, 6.07) is 33.2. The first-order valence-electron chi connectivity index (χ1n) is 10.9. The molecule has 0 aliphatic heterocycles. The molecule has 0 saturated heterocycles. The van der Waals surface area contributed by atoms with Crippen LogP contribution in [0.4, 0.5) is 0 Å². The van der Waals surface area contributed by atoms with E-state index in [4.69, 9.17) is 4.74 Å². The number of hydrogen-bond acceptors (Lipinski definition) is 2. The third-order valence-electron chi connectivity index (χ3n) is 6.20. The second-order valence-electron chi connectivity index (χ2n) is 8.33. The zero-order valence-corrected chi connectivity index (χ0v) is 18.2. The Bertz CT molecular complexity index is 1650. The van der Waals surface area contributed by atoms with Crippen molar-refractivity contribution in [3.05, 3.63) is 109 Å².